The molecule has 1 aliphatic rings. The fourth-order valence-electron chi connectivity index (χ4n) is 3.59. The molecule has 1 aromatic carbocycles. The number of hydrogen-bond donors (Lipinski definition) is 1. The van der Waals surface area contributed by atoms with E-state index < -0.39 is 0 Å². The maximum absolute atomic E-state index is 6.61. The van der Waals surface area contributed by atoms with Gasteiger partial charge < -0.3 is 5.73 Å². The smallest absolute Gasteiger partial charge is 0.0421 e. The maximum Gasteiger partial charge on any atom is 0.0421 e. The van der Waals surface area contributed by atoms with Gasteiger partial charge >= 0.3 is 0 Å². The molecular formula is C17H23NS. The second-order valence-electron chi connectivity index (χ2n) is 5.83. The lowest BCUT2D eigenvalue weighted by Gasteiger charge is -2.34. The Morgan fingerprint density at radius 2 is 2.05 bits per heavy atom. The predicted molar refractivity (Wildman–Crippen MR) is 84.5 cm³/mol. The van der Waals surface area contributed by atoms with Gasteiger partial charge in [0.1, 0.15) is 0 Å². The monoisotopic (exact) mass is 273 g/mol. The maximum atomic E-state index is 6.61. The van der Waals surface area contributed by atoms with Crippen molar-refractivity contribution in [3.05, 3.63) is 35.2 Å². The van der Waals surface area contributed by atoms with E-state index in [1.54, 1.807) is 0 Å². The van der Waals surface area contributed by atoms with E-state index >= 15 is 0 Å². The molecule has 1 fully saturated rings. The quantitative estimate of drug-likeness (QED) is 0.825. The van der Waals surface area contributed by atoms with E-state index in [-0.39, 0.29) is 6.04 Å². The van der Waals surface area contributed by atoms with Crippen molar-refractivity contribution < 1.29 is 0 Å². The summed E-state index contributed by atoms with van der Waals surface area (Å²) in [6.07, 6.45) is 6.73. The highest BCUT2D eigenvalue weighted by Crippen LogP contribution is 2.41. The van der Waals surface area contributed by atoms with Crippen LogP contribution in [-0.4, -0.2) is 0 Å². The van der Waals surface area contributed by atoms with Gasteiger partial charge in [-0.2, -0.15) is 0 Å². The molecule has 0 bridgehead atoms. The Labute approximate surface area is 119 Å². The number of fused-ring (bicyclic) bond motifs is 1. The predicted octanol–water partition coefficient (Wildman–Crippen LogP) is 5.12. The molecule has 0 spiro atoms. The first-order chi connectivity index (χ1) is 9.29. The number of thiophene rings is 1. The lowest BCUT2D eigenvalue weighted by molar-refractivity contribution is 0.198. The minimum absolute atomic E-state index is 0.239. The molecule has 0 radical (unpaired) electrons. The summed E-state index contributed by atoms with van der Waals surface area (Å²) in [7, 11) is 0. The van der Waals surface area contributed by atoms with Crippen LogP contribution >= 0.6 is 11.3 Å². The lowest BCUT2D eigenvalue weighted by Crippen LogP contribution is -2.29. The topological polar surface area (TPSA) is 26.0 Å². The molecule has 1 saturated carbocycles. The highest BCUT2D eigenvalue weighted by molar-refractivity contribution is 7.19. The molecule has 2 aromatic rings. The van der Waals surface area contributed by atoms with E-state index in [4.69, 9.17) is 5.73 Å². The molecule has 0 amide bonds. The summed E-state index contributed by atoms with van der Waals surface area (Å²) < 4.78 is 1.37. The van der Waals surface area contributed by atoms with Crippen LogP contribution < -0.4 is 5.73 Å². The zero-order valence-electron chi connectivity index (χ0n) is 11.6. The van der Waals surface area contributed by atoms with Gasteiger partial charge in [0, 0.05) is 15.6 Å². The Morgan fingerprint density at radius 3 is 2.84 bits per heavy atom. The highest BCUT2D eigenvalue weighted by Gasteiger charge is 2.30. The average Bonchev–Trinajstić information content (AvgIpc) is 2.90. The van der Waals surface area contributed by atoms with Gasteiger partial charge in [-0.1, -0.05) is 50.8 Å². The summed E-state index contributed by atoms with van der Waals surface area (Å²) in [6, 6.07) is 11.2. The Balaban J connectivity index is 1.87. The number of hydrogen-bond acceptors (Lipinski definition) is 2. The van der Waals surface area contributed by atoms with Crippen LogP contribution in [0.3, 0.4) is 0 Å². The molecule has 3 rings (SSSR count). The number of nitrogens with two attached hydrogens (primary N) is 1. The molecule has 1 aliphatic carbocycles. The van der Waals surface area contributed by atoms with Gasteiger partial charge in [-0.15, -0.1) is 11.3 Å². The standard InChI is InChI=1S/C17H23NS/c1-2-12-7-3-5-9-14(12)17(18)16-11-13-8-4-6-10-15(13)19-16/h4,6,8,10-12,14,17H,2-3,5,7,9,18H2,1H3. The molecule has 0 aliphatic heterocycles. The summed E-state index contributed by atoms with van der Waals surface area (Å²) in [5.41, 5.74) is 6.61. The van der Waals surface area contributed by atoms with Crippen molar-refractivity contribution in [2.75, 3.05) is 0 Å². The third-order valence-electron chi connectivity index (χ3n) is 4.73. The summed E-state index contributed by atoms with van der Waals surface area (Å²) in [6.45, 7) is 2.32. The van der Waals surface area contributed by atoms with E-state index in [9.17, 15) is 0 Å². The third-order valence-corrected chi connectivity index (χ3v) is 5.94. The first-order valence-electron chi connectivity index (χ1n) is 7.53. The summed E-state index contributed by atoms with van der Waals surface area (Å²) >= 11 is 1.89. The second kappa shape index (κ2) is 5.64. The minimum atomic E-state index is 0.239. The van der Waals surface area contributed by atoms with Gasteiger partial charge in [0.15, 0.2) is 0 Å². The van der Waals surface area contributed by atoms with Crippen LogP contribution in [0.5, 0.6) is 0 Å². The normalized spacial score (nSPS) is 25.6. The van der Waals surface area contributed by atoms with Crippen molar-refractivity contribution in [2.45, 2.75) is 45.1 Å². The fourth-order valence-corrected chi connectivity index (χ4v) is 4.74. The van der Waals surface area contributed by atoms with E-state index in [0.29, 0.717) is 5.92 Å². The van der Waals surface area contributed by atoms with Crippen molar-refractivity contribution >= 4 is 21.4 Å². The van der Waals surface area contributed by atoms with Gasteiger partial charge in [-0.25, -0.2) is 0 Å². The summed E-state index contributed by atoms with van der Waals surface area (Å²) in [5.74, 6) is 1.51. The van der Waals surface area contributed by atoms with Gasteiger partial charge in [-0.3, -0.25) is 0 Å². The van der Waals surface area contributed by atoms with Gasteiger partial charge in [0.05, 0.1) is 0 Å². The van der Waals surface area contributed by atoms with Crippen LogP contribution in [0.25, 0.3) is 10.1 Å². The Morgan fingerprint density at radius 1 is 1.26 bits per heavy atom. The Hall–Kier alpha value is -0.860. The van der Waals surface area contributed by atoms with Crippen LogP contribution in [0.15, 0.2) is 30.3 Å². The third kappa shape index (κ3) is 2.56. The average molecular weight is 273 g/mol. The molecule has 3 unspecified atom stereocenters. The zero-order chi connectivity index (χ0) is 13.2. The second-order valence-corrected chi connectivity index (χ2v) is 6.94. The van der Waals surface area contributed by atoms with Gasteiger partial charge in [-0.05, 0) is 35.8 Å². The Bertz CT molecular complexity index is 512. The van der Waals surface area contributed by atoms with Gasteiger partial charge in [0.2, 0.25) is 0 Å². The molecule has 1 heterocycles. The molecule has 2 heteroatoms. The highest BCUT2D eigenvalue weighted by atomic mass is 32.1. The van der Waals surface area contributed by atoms with E-state index in [0.717, 1.165) is 5.92 Å². The van der Waals surface area contributed by atoms with Crippen molar-refractivity contribution in [3.8, 4) is 0 Å². The van der Waals surface area contributed by atoms with Crippen molar-refractivity contribution in [3.63, 3.8) is 0 Å². The largest absolute Gasteiger partial charge is 0.323 e. The molecule has 1 aromatic heterocycles. The van der Waals surface area contributed by atoms with E-state index in [2.05, 4.69) is 37.3 Å². The molecule has 3 atom stereocenters. The van der Waals surface area contributed by atoms with E-state index in [1.165, 1.54) is 47.1 Å². The summed E-state index contributed by atoms with van der Waals surface area (Å²) in [4.78, 5) is 1.38. The summed E-state index contributed by atoms with van der Waals surface area (Å²) in [5, 5.41) is 1.35. The molecule has 19 heavy (non-hydrogen) atoms. The SMILES string of the molecule is CCC1CCCCC1C(N)c1cc2ccccc2s1. The molecule has 2 N–H and O–H groups in total. The Kier molecular flexibility index (Phi) is 3.90. The first kappa shape index (κ1) is 13.1. The molecule has 0 saturated heterocycles. The number of benzene rings is 1. The van der Waals surface area contributed by atoms with Crippen LogP contribution in [0.1, 0.15) is 49.9 Å². The molecule has 102 valence electrons. The zero-order valence-corrected chi connectivity index (χ0v) is 12.5. The fraction of sp³-hybridized carbons (Fsp3) is 0.529. The lowest BCUT2D eigenvalue weighted by atomic mass is 9.74. The van der Waals surface area contributed by atoms with Crippen LogP contribution in [-0.2, 0) is 0 Å². The number of rotatable bonds is 3. The first-order valence-corrected chi connectivity index (χ1v) is 8.35. The van der Waals surface area contributed by atoms with Crippen molar-refractivity contribution in [1.29, 1.82) is 0 Å². The molecule has 1 nitrogen and oxygen atoms in total. The van der Waals surface area contributed by atoms with Crippen molar-refractivity contribution in [2.24, 2.45) is 17.6 Å². The van der Waals surface area contributed by atoms with Crippen LogP contribution in [0.4, 0.5) is 0 Å². The van der Waals surface area contributed by atoms with Crippen LogP contribution in [0.2, 0.25) is 0 Å². The minimum Gasteiger partial charge on any atom is -0.323 e. The van der Waals surface area contributed by atoms with Gasteiger partial charge in [0.25, 0.3) is 0 Å². The van der Waals surface area contributed by atoms with Crippen molar-refractivity contribution in [1.82, 2.24) is 0 Å². The van der Waals surface area contributed by atoms with Crippen LogP contribution in [0, 0.1) is 11.8 Å². The van der Waals surface area contributed by atoms with E-state index in [1.807, 2.05) is 11.3 Å². The molecular weight excluding hydrogens is 250 g/mol.